The van der Waals surface area contributed by atoms with E-state index in [2.05, 4.69) is 0 Å². The lowest BCUT2D eigenvalue weighted by Crippen LogP contribution is -2.40. The Morgan fingerprint density at radius 2 is 1.88 bits per heavy atom. The van der Waals surface area contributed by atoms with E-state index < -0.39 is 0 Å². The fourth-order valence-electron chi connectivity index (χ4n) is 3.33. The van der Waals surface area contributed by atoms with Gasteiger partial charge in [-0.1, -0.05) is 41.9 Å². The number of hydrogen-bond donors (Lipinski definition) is 2. The zero-order valence-corrected chi connectivity index (χ0v) is 14.7. The largest absolute Gasteiger partial charge is 0.508 e. The fourth-order valence-corrected chi connectivity index (χ4v) is 3.53. The van der Waals surface area contributed by atoms with Gasteiger partial charge in [-0.05, 0) is 36.6 Å². The van der Waals surface area contributed by atoms with Gasteiger partial charge in [0.1, 0.15) is 5.75 Å². The molecule has 1 aliphatic heterocycles. The van der Waals surface area contributed by atoms with E-state index in [9.17, 15) is 15.0 Å². The molecule has 1 amide bonds. The minimum absolute atomic E-state index is 0.0279. The van der Waals surface area contributed by atoms with Crippen molar-refractivity contribution < 1.29 is 15.0 Å². The number of amides is 1. The summed E-state index contributed by atoms with van der Waals surface area (Å²) >= 11 is 6.13. The number of benzene rings is 2. The summed E-state index contributed by atoms with van der Waals surface area (Å²) in [6.07, 6.45) is 1.17. The van der Waals surface area contributed by atoms with Crippen LogP contribution in [0.15, 0.2) is 48.5 Å². The number of aliphatic hydroxyl groups is 1. The molecule has 2 aromatic rings. The number of carbonyl (C=O) groups excluding carboxylic acids is 1. The number of aliphatic hydroxyl groups excluding tert-OH is 1. The lowest BCUT2D eigenvalue weighted by atomic mass is 9.87. The van der Waals surface area contributed by atoms with Gasteiger partial charge in [0.05, 0.1) is 6.10 Å². The highest BCUT2D eigenvalue weighted by molar-refractivity contribution is 6.30. The van der Waals surface area contributed by atoms with Crippen LogP contribution in [0.25, 0.3) is 0 Å². The fraction of sp³-hybridized carbons (Fsp3) is 0.350. The molecule has 0 aromatic heterocycles. The number of phenolic OH excluding ortho intramolecular Hbond substituents is 1. The van der Waals surface area contributed by atoms with E-state index in [-0.39, 0.29) is 30.1 Å². The average molecular weight is 360 g/mol. The highest BCUT2D eigenvalue weighted by Crippen LogP contribution is 2.35. The summed E-state index contributed by atoms with van der Waals surface area (Å²) in [5.41, 5.74) is 1.62. The Hall–Kier alpha value is -2.04. The summed E-state index contributed by atoms with van der Waals surface area (Å²) < 4.78 is 0. The smallest absolute Gasteiger partial charge is 0.223 e. The van der Waals surface area contributed by atoms with Crippen molar-refractivity contribution in [2.75, 3.05) is 13.1 Å². The number of phenols is 1. The second kappa shape index (κ2) is 7.89. The van der Waals surface area contributed by atoms with Crippen LogP contribution in [0.4, 0.5) is 0 Å². The Morgan fingerprint density at radius 1 is 1.16 bits per heavy atom. The minimum atomic E-state index is -0.314. The summed E-state index contributed by atoms with van der Waals surface area (Å²) in [4.78, 5) is 14.6. The maximum atomic E-state index is 12.8. The number of carbonyl (C=O) groups is 1. The van der Waals surface area contributed by atoms with E-state index in [0.717, 1.165) is 11.1 Å². The van der Waals surface area contributed by atoms with Gasteiger partial charge >= 0.3 is 0 Å². The van der Waals surface area contributed by atoms with Gasteiger partial charge in [-0.15, -0.1) is 0 Å². The Labute approximate surface area is 152 Å². The standard InChI is InChI=1S/C20H22ClNO3/c21-15-5-3-4-14(12-15)18(17-6-1-2-7-19(17)24)13-20(25)22-10-8-16(23)9-11-22/h1-7,12,16,18,23-24H,8-11,13H2. The quantitative estimate of drug-likeness (QED) is 0.877. The number of rotatable bonds is 4. The van der Waals surface area contributed by atoms with Crippen LogP contribution >= 0.6 is 11.6 Å². The molecule has 0 radical (unpaired) electrons. The molecular formula is C20H22ClNO3. The van der Waals surface area contributed by atoms with Gasteiger partial charge < -0.3 is 15.1 Å². The number of halogens is 1. The van der Waals surface area contributed by atoms with Gasteiger partial charge in [0.15, 0.2) is 0 Å². The topological polar surface area (TPSA) is 60.8 Å². The first-order valence-electron chi connectivity index (χ1n) is 8.54. The molecule has 3 rings (SSSR count). The first-order chi connectivity index (χ1) is 12.0. The van der Waals surface area contributed by atoms with Crippen LogP contribution in [0.2, 0.25) is 5.02 Å². The molecule has 1 fully saturated rings. The van der Waals surface area contributed by atoms with Crippen LogP contribution in [0.1, 0.15) is 36.3 Å². The van der Waals surface area contributed by atoms with E-state index in [1.54, 1.807) is 23.1 Å². The summed E-state index contributed by atoms with van der Waals surface area (Å²) in [6, 6.07) is 14.5. The van der Waals surface area contributed by atoms with Crippen molar-refractivity contribution in [3.63, 3.8) is 0 Å². The molecule has 2 N–H and O–H groups in total. The summed E-state index contributed by atoms with van der Waals surface area (Å²) in [5.74, 6) is -0.0614. The zero-order valence-electron chi connectivity index (χ0n) is 13.9. The van der Waals surface area contributed by atoms with Gasteiger partial charge in [-0.25, -0.2) is 0 Å². The highest BCUT2D eigenvalue weighted by Gasteiger charge is 2.26. The van der Waals surface area contributed by atoms with Gasteiger partial charge in [0.25, 0.3) is 0 Å². The van der Waals surface area contributed by atoms with E-state index in [1.165, 1.54) is 0 Å². The summed E-state index contributed by atoms with van der Waals surface area (Å²) in [7, 11) is 0. The van der Waals surface area contributed by atoms with E-state index in [4.69, 9.17) is 11.6 Å². The molecule has 1 aliphatic rings. The van der Waals surface area contributed by atoms with Crippen molar-refractivity contribution in [1.29, 1.82) is 0 Å². The number of likely N-dealkylation sites (tertiary alicyclic amines) is 1. The number of aromatic hydroxyl groups is 1. The molecule has 1 saturated heterocycles. The molecule has 0 spiro atoms. The Bertz CT molecular complexity index is 741. The van der Waals surface area contributed by atoms with Crippen LogP contribution in [0, 0.1) is 0 Å². The molecule has 2 aromatic carbocycles. The third-order valence-electron chi connectivity index (χ3n) is 4.76. The molecule has 0 bridgehead atoms. The number of nitrogens with zero attached hydrogens (tertiary/aromatic N) is 1. The van der Waals surface area contributed by atoms with Gasteiger partial charge in [0.2, 0.25) is 5.91 Å². The second-order valence-electron chi connectivity index (χ2n) is 6.48. The lowest BCUT2D eigenvalue weighted by molar-refractivity contribution is -0.133. The monoisotopic (exact) mass is 359 g/mol. The molecule has 0 aliphatic carbocycles. The van der Waals surface area contributed by atoms with Crippen molar-refractivity contribution >= 4 is 17.5 Å². The Kier molecular flexibility index (Phi) is 5.61. The summed E-state index contributed by atoms with van der Waals surface area (Å²) in [6.45, 7) is 1.14. The molecule has 1 heterocycles. The molecular weight excluding hydrogens is 338 g/mol. The normalized spacial score (nSPS) is 16.6. The van der Waals surface area contributed by atoms with Crippen molar-refractivity contribution in [2.24, 2.45) is 0 Å². The summed E-state index contributed by atoms with van der Waals surface area (Å²) in [5, 5.41) is 20.5. The first kappa shape index (κ1) is 17.8. The molecule has 132 valence electrons. The maximum Gasteiger partial charge on any atom is 0.223 e. The number of hydrogen-bond acceptors (Lipinski definition) is 3. The number of para-hydroxylation sites is 1. The van der Waals surface area contributed by atoms with Crippen LogP contribution in [-0.4, -0.2) is 40.2 Å². The van der Waals surface area contributed by atoms with E-state index >= 15 is 0 Å². The number of piperidine rings is 1. The predicted molar refractivity (Wildman–Crippen MR) is 97.8 cm³/mol. The third kappa shape index (κ3) is 4.33. The van der Waals surface area contributed by atoms with Gasteiger partial charge in [-0.2, -0.15) is 0 Å². The lowest BCUT2D eigenvalue weighted by Gasteiger charge is -2.31. The Morgan fingerprint density at radius 3 is 2.56 bits per heavy atom. The van der Waals surface area contributed by atoms with Crippen LogP contribution in [0.3, 0.4) is 0 Å². The molecule has 0 saturated carbocycles. The molecule has 1 unspecified atom stereocenters. The average Bonchev–Trinajstić information content (AvgIpc) is 2.61. The first-order valence-corrected chi connectivity index (χ1v) is 8.91. The van der Waals surface area contributed by atoms with Crippen molar-refractivity contribution in [3.05, 3.63) is 64.7 Å². The van der Waals surface area contributed by atoms with Crippen LogP contribution < -0.4 is 0 Å². The third-order valence-corrected chi connectivity index (χ3v) is 4.99. The molecule has 5 heteroatoms. The van der Waals surface area contributed by atoms with Gasteiger partial charge in [0, 0.05) is 36.0 Å². The molecule has 25 heavy (non-hydrogen) atoms. The zero-order chi connectivity index (χ0) is 17.8. The SMILES string of the molecule is O=C(CC(c1cccc(Cl)c1)c1ccccc1O)N1CCC(O)CC1. The van der Waals surface area contributed by atoms with E-state index in [1.807, 2.05) is 30.3 Å². The van der Waals surface area contributed by atoms with Crippen LogP contribution in [0.5, 0.6) is 5.75 Å². The van der Waals surface area contributed by atoms with E-state index in [0.29, 0.717) is 31.0 Å². The predicted octanol–water partition coefficient (Wildman–Crippen LogP) is 3.55. The highest BCUT2D eigenvalue weighted by atomic mass is 35.5. The van der Waals surface area contributed by atoms with Crippen molar-refractivity contribution in [3.8, 4) is 5.75 Å². The maximum absolute atomic E-state index is 12.8. The van der Waals surface area contributed by atoms with Crippen molar-refractivity contribution in [1.82, 2.24) is 4.90 Å². The second-order valence-corrected chi connectivity index (χ2v) is 6.92. The molecule has 1 atom stereocenters. The Balaban J connectivity index is 1.87. The van der Waals surface area contributed by atoms with Crippen LogP contribution in [-0.2, 0) is 4.79 Å². The molecule has 4 nitrogen and oxygen atoms in total. The van der Waals surface area contributed by atoms with Gasteiger partial charge in [-0.3, -0.25) is 4.79 Å². The van der Waals surface area contributed by atoms with Crippen molar-refractivity contribution in [2.45, 2.75) is 31.3 Å². The minimum Gasteiger partial charge on any atom is -0.508 e.